The fourth-order valence-electron chi connectivity index (χ4n) is 7.43. The topological polar surface area (TPSA) is 157 Å². The normalized spacial score (nSPS) is 23.1. The average Bonchev–Trinajstić information content (AvgIpc) is 3.74. The third-order valence-electron chi connectivity index (χ3n) is 9.95. The molecule has 2 fully saturated rings. The number of aromatic nitrogens is 2. The van der Waals surface area contributed by atoms with E-state index in [-0.39, 0.29) is 31.0 Å². The number of rotatable bonds is 14. The highest BCUT2D eigenvalue weighted by Crippen LogP contribution is 2.37. The van der Waals surface area contributed by atoms with E-state index >= 15 is 0 Å². The molecule has 2 aromatic heterocycles. The first kappa shape index (κ1) is 32.2. The van der Waals surface area contributed by atoms with Crippen LogP contribution in [0.1, 0.15) is 91.5 Å². The molecule has 1 amide bonds. The van der Waals surface area contributed by atoms with Gasteiger partial charge in [-0.15, -0.1) is 0 Å². The zero-order valence-corrected chi connectivity index (χ0v) is 27.2. The Labute approximate surface area is 262 Å². The summed E-state index contributed by atoms with van der Waals surface area (Å²) in [5.74, 6) is 0.192. The van der Waals surface area contributed by atoms with Gasteiger partial charge in [0.15, 0.2) is 6.23 Å². The number of carboxylic acids is 2. The van der Waals surface area contributed by atoms with Crippen molar-refractivity contribution < 1.29 is 28.8 Å². The number of carbonyl (C=O) groups excluding carboxylic acids is 1. The molecule has 2 saturated heterocycles. The van der Waals surface area contributed by atoms with E-state index in [1.54, 1.807) is 0 Å². The highest BCUT2D eigenvalue weighted by Gasteiger charge is 2.50. The second-order valence-corrected chi connectivity index (χ2v) is 13.2. The van der Waals surface area contributed by atoms with Crippen molar-refractivity contribution in [2.45, 2.75) is 105 Å². The maximum atomic E-state index is 12.4. The van der Waals surface area contributed by atoms with Crippen molar-refractivity contribution >= 4 is 35.6 Å². The molecule has 2 aromatic rings. The number of H-pyrrole nitrogens is 2. The second-order valence-electron chi connectivity index (χ2n) is 12.4. The number of hydrogen-bond donors (Lipinski definition) is 5. The Morgan fingerprint density at radius 3 is 2.11 bits per heavy atom. The standard InChI is InChI=1S/C33H44N4O6S/c1-6-19-16(3)26(36-32(19)42)12-24-17(4)21(8-10-30(38)39)28(34-24)14-29-22(9-11-31(40)41)18(5)25(35-29)13-27-20(7-2)23-15-44-43-33(23)37-27/h20,23,27,33-35,37H,6-15H2,1-5H3,(H,38,39)(H,40,41)/p+1/t20-,23-,27?,33?/m1/s1. The fourth-order valence-corrected chi connectivity index (χ4v) is 8.53. The second kappa shape index (κ2) is 13.5. The summed E-state index contributed by atoms with van der Waals surface area (Å²) >= 11 is 1.05. The molecule has 5 heterocycles. The summed E-state index contributed by atoms with van der Waals surface area (Å²) in [6.07, 6.45) is 4.37. The first-order chi connectivity index (χ1) is 21.0. The SMILES string of the molecule is CCC1=C(C)C(Cc2[nH]c(Cc3[nH]c(CC4NC5O[SH+]C[C@@H]5[C@H]4CC)c(C)c3CCC(=O)O)c(CCC(=O)O)c2C)=NC1=O. The van der Waals surface area contributed by atoms with Crippen LogP contribution in [0.15, 0.2) is 16.1 Å². The fraction of sp³-hybridized carbons (Fsp3) is 0.576. The number of aliphatic carboxylic acids is 2. The molecule has 2 unspecified atom stereocenters. The van der Waals surface area contributed by atoms with Gasteiger partial charge in [0.05, 0.1) is 11.6 Å². The lowest BCUT2D eigenvalue weighted by Crippen LogP contribution is -2.34. The average molecular weight is 626 g/mol. The van der Waals surface area contributed by atoms with Gasteiger partial charge in [-0.25, -0.2) is 4.99 Å². The van der Waals surface area contributed by atoms with Crippen molar-refractivity contribution in [3.63, 3.8) is 0 Å². The third kappa shape index (κ3) is 6.46. The van der Waals surface area contributed by atoms with E-state index in [1.807, 2.05) is 20.8 Å². The van der Waals surface area contributed by atoms with Crippen LogP contribution in [0.4, 0.5) is 0 Å². The van der Waals surface area contributed by atoms with Gasteiger partial charge < -0.3 is 20.2 Å². The first-order valence-corrected chi connectivity index (χ1v) is 16.7. The Morgan fingerprint density at radius 2 is 1.55 bits per heavy atom. The van der Waals surface area contributed by atoms with Crippen LogP contribution in [0.5, 0.6) is 0 Å². The third-order valence-corrected chi connectivity index (χ3v) is 10.9. The number of fused-ring (bicyclic) bond motifs is 1. The summed E-state index contributed by atoms with van der Waals surface area (Å²) in [4.78, 5) is 47.2. The maximum Gasteiger partial charge on any atom is 0.303 e. The smallest absolute Gasteiger partial charge is 0.303 e. The Kier molecular flexibility index (Phi) is 9.86. The van der Waals surface area contributed by atoms with Crippen molar-refractivity contribution in [3.05, 3.63) is 56.2 Å². The van der Waals surface area contributed by atoms with Gasteiger partial charge in [0, 0.05) is 66.5 Å². The van der Waals surface area contributed by atoms with E-state index in [9.17, 15) is 24.6 Å². The molecule has 0 aliphatic carbocycles. The molecule has 5 N–H and O–H groups in total. The molecule has 44 heavy (non-hydrogen) atoms. The molecule has 4 atom stereocenters. The predicted octanol–water partition coefficient (Wildman–Crippen LogP) is 4.08. The van der Waals surface area contributed by atoms with Crippen molar-refractivity contribution in [2.24, 2.45) is 16.8 Å². The summed E-state index contributed by atoms with van der Waals surface area (Å²) in [7, 11) is 0. The summed E-state index contributed by atoms with van der Waals surface area (Å²) in [5, 5.41) is 22.7. The zero-order valence-electron chi connectivity index (χ0n) is 26.3. The van der Waals surface area contributed by atoms with E-state index in [4.69, 9.17) is 4.18 Å². The van der Waals surface area contributed by atoms with E-state index in [1.165, 1.54) is 0 Å². The van der Waals surface area contributed by atoms with Gasteiger partial charge in [0.25, 0.3) is 5.91 Å². The largest absolute Gasteiger partial charge is 0.481 e. The van der Waals surface area contributed by atoms with E-state index in [0.29, 0.717) is 43.9 Å². The van der Waals surface area contributed by atoms with Crippen LogP contribution in [-0.2, 0) is 62.7 Å². The van der Waals surface area contributed by atoms with Crippen LogP contribution >= 0.6 is 0 Å². The molecule has 0 radical (unpaired) electrons. The lowest BCUT2D eigenvalue weighted by molar-refractivity contribution is -0.138. The van der Waals surface area contributed by atoms with Crippen LogP contribution in [0.25, 0.3) is 0 Å². The van der Waals surface area contributed by atoms with Crippen molar-refractivity contribution in [3.8, 4) is 0 Å². The minimum absolute atomic E-state index is 0.0000566. The van der Waals surface area contributed by atoms with Crippen molar-refractivity contribution in [2.75, 3.05) is 5.75 Å². The number of thiol groups is 1. The van der Waals surface area contributed by atoms with E-state index in [2.05, 4.69) is 34.1 Å². The van der Waals surface area contributed by atoms with Gasteiger partial charge in [-0.05, 0) is 73.8 Å². The van der Waals surface area contributed by atoms with Gasteiger partial charge in [0.1, 0.15) is 17.8 Å². The van der Waals surface area contributed by atoms with Crippen LogP contribution < -0.4 is 5.32 Å². The highest BCUT2D eigenvalue weighted by atomic mass is 32.2. The van der Waals surface area contributed by atoms with Gasteiger partial charge in [-0.2, -0.15) is 4.18 Å². The molecule has 3 aliphatic rings. The van der Waals surface area contributed by atoms with E-state index < -0.39 is 11.9 Å². The Bertz CT molecular complexity index is 1520. The molecule has 10 nitrogen and oxygen atoms in total. The molecular weight excluding hydrogens is 580 g/mol. The Hall–Kier alpha value is -3.15. The summed E-state index contributed by atoms with van der Waals surface area (Å²) in [6, 6.07) is 0.271. The summed E-state index contributed by atoms with van der Waals surface area (Å²) in [5.41, 5.74) is 10.4. The number of nitrogens with one attached hydrogen (secondary N) is 3. The molecule has 0 saturated carbocycles. The molecule has 238 valence electrons. The molecule has 5 rings (SSSR count). The van der Waals surface area contributed by atoms with Crippen molar-refractivity contribution in [1.82, 2.24) is 15.3 Å². The summed E-state index contributed by atoms with van der Waals surface area (Å²) < 4.78 is 5.93. The monoisotopic (exact) mass is 625 g/mol. The summed E-state index contributed by atoms with van der Waals surface area (Å²) in [6.45, 7) is 10.2. The Balaban J connectivity index is 1.47. The molecular formula is C33H45N4O6S+. The predicted molar refractivity (Wildman–Crippen MR) is 171 cm³/mol. The molecule has 11 heteroatoms. The van der Waals surface area contributed by atoms with Crippen LogP contribution in [0, 0.1) is 25.7 Å². The number of carbonyl (C=O) groups is 3. The first-order valence-electron chi connectivity index (χ1n) is 15.7. The highest BCUT2D eigenvalue weighted by molar-refractivity contribution is 7.73. The number of aliphatic imine (C=N–C) groups is 1. The van der Waals surface area contributed by atoms with Gasteiger partial charge >= 0.3 is 11.9 Å². The van der Waals surface area contributed by atoms with E-state index in [0.717, 1.165) is 92.5 Å². The lowest BCUT2D eigenvalue weighted by atomic mass is 9.86. The Morgan fingerprint density at radius 1 is 0.932 bits per heavy atom. The zero-order chi connectivity index (χ0) is 31.7. The van der Waals surface area contributed by atoms with Crippen LogP contribution in [-0.4, -0.2) is 61.8 Å². The minimum atomic E-state index is -0.863. The number of hydrogen-bond acceptors (Lipinski definition) is 5. The van der Waals surface area contributed by atoms with Gasteiger partial charge in [-0.3, -0.25) is 19.7 Å². The van der Waals surface area contributed by atoms with Gasteiger partial charge in [0.2, 0.25) is 0 Å². The molecule has 0 aromatic carbocycles. The molecule has 3 aliphatic heterocycles. The molecule has 0 bridgehead atoms. The molecule has 0 spiro atoms. The maximum absolute atomic E-state index is 12.4. The number of allylic oxidation sites excluding steroid dienone is 1. The van der Waals surface area contributed by atoms with Crippen LogP contribution in [0.2, 0.25) is 0 Å². The number of aromatic amines is 2. The number of amides is 1. The number of nitrogens with zero attached hydrogens (tertiary/aromatic N) is 1. The van der Waals surface area contributed by atoms with Crippen molar-refractivity contribution in [1.29, 1.82) is 0 Å². The number of carboxylic acid groups (broad SMARTS) is 2. The lowest BCUT2D eigenvalue weighted by Gasteiger charge is -2.20. The minimum Gasteiger partial charge on any atom is -0.481 e. The van der Waals surface area contributed by atoms with Crippen LogP contribution in [0.3, 0.4) is 0 Å². The van der Waals surface area contributed by atoms with Gasteiger partial charge in [-0.1, -0.05) is 20.3 Å². The quantitative estimate of drug-likeness (QED) is 0.156.